The third-order valence-electron chi connectivity index (χ3n) is 13.4. The highest BCUT2D eigenvalue weighted by molar-refractivity contribution is 6.72. The van der Waals surface area contributed by atoms with Crippen molar-refractivity contribution in [2.24, 2.45) is 5.41 Å². The minimum absolute atomic E-state index is 0.219. The van der Waals surface area contributed by atoms with Gasteiger partial charge in [0.1, 0.15) is 36.4 Å². The standard InChI is InChI=1S/C56H68N6O7Si/c1-8-37-67-49-43(23-20-40-17-11-31-57-46(40)49)52(63)60-34-14-26-56(30-29-55(4,5)70(6,7)66,27-15-35-61-53(64)44-24-21-41-18-12-32-58-47(41)50(44)68-38-9-2)28-16-36-62-54(65)45-25-22-42-19-13-33-59-48(42)51(45)69-39-10-3/h8-13,17-25,31-33,66H,1-3,14-16,26-30,34-39H2,4-7H3,(H,60,63)(H,61,64)(H,62,65). The first-order valence-corrected chi connectivity index (χ1v) is 27.1. The number of hydrogen-bond acceptors (Lipinski definition) is 10. The second kappa shape index (κ2) is 24.6. The maximum atomic E-state index is 13.9. The van der Waals surface area contributed by atoms with E-state index >= 15 is 0 Å². The Morgan fingerprint density at radius 1 is 0.543 bits per heavy atom. The molecule has 0 atom stereocenters. The summed E-state index contributed by atoms with van der Waals surface area (Å²) in [5.41, 5.74) is 2.68. The van der Waals surface area contributed by atoms with E-state index in [0.29, 0.717) is 89.4 Å². The molecule has 0 aliphatic carbocycles. The van der Waals surface area contributed by atoms with Gasteiger partial charge in [-0.05, 0) is 111 Å². The molecule has 368 valence electrons. The molecule has 6 aromatic rings. The molecule has 3 amide bonds. The smallest absolute Gasteiger partial charge is 0.255 e. The van der Waals surface area contributed by atoms with Crippen molar-refractivity contribution in [3.05, 3.63) is 146 Å². The van der Waals surface area contributed by atoms with E-state index < -0.39 is 8.32 Å². The molecule has 0 aliphatic rings. The van der Waals surface area contributed by atoms with E-state index in [9.17, 15) is 19.2 Å². The third-order valence-corrected chi connectivity index (χ3v) is 17.0. The van der Waals surface area contributed by atoms with Crippen LogP contribution in [0.4, 0.5) is 0 Å². The molecule has 0 fully saturated rings. The van der Waals surface area contributed by atoms with Gasteiger partial charge in [-0.25, -0.2) is 0 Å². The van der Waals surface area contributed by atoms with Crippen LogP contribution in [-0.4, -0.2) is 85.2 Å². The molecule has 0 aliphatic heterocycles. The number of pyridine rings is 3. The van der Waals surface area contributed by atoms with Crippen LogP contribution in [0.3, 0.4) is 0 Å². The van der Waals surface area contributed by atoms with E-state index in [1.807, 2.05) is 67.7 Å². The van der Waals surface area contributed by atoms with Crippen molar-refractivity contribution in [1.29, 1.82) is 0 Å². The number of nitrogens with one attached hydrogen (secondary N) is 3. The Bertz CT molecular complexity index is 2530. The lowest BCUT2D eigenvalue weighted by atomic mass is 9.71. The molecule has 3 aromatic carbocycles. The van der Waals surface area contributed by atoms with Crippen molar-refractivity contribution in [3.8, 4) is 17.2 Å². The van der Waals surface area contributed by atoms with Gasteiger partial charge in [0.2, 0.25) is 0 Å². The number of ether oxygens (including phenoxy) is 3. The molecule has 0 unspecified atom stereocenters. The highest BCUT2D eigenvalue weighted by atomic mass is 28.4. The molecule has 13 nitrogen and oxygen atoms in total. The van der Waals surface area contributed by atoms with Gasteiger partial charge in [0.25, 0.3) is 17.7 Å². The van der Waals surface area contributed by atoms with Crippen molar-refractivity contribution in [1.82, 2.24) is 30.9 Å². The second-order valence-electron chi connectivity index (χ2n) is 18.9. The molecule has 0 bridgehead atoms. The van der Waals surface area contributed by atoms with Gasteiger partial charge in [-0.1, -0.05) is 88.2 Å². The van der Waals surface area contributed by atoms with Gasteiger partial charge in [-0.2, -0.15) is 0 Å². The first-order valence-electron chi connectivity index (χ1n) is 24.1. The number of nitrogens with zero attached hydrogens (tertiary/aromatic N) is 3. The molecule has 4 N–H and O–H groups in total. The van der Waals surface area contributed by atoms with Gasteiger partial charge >= 0.3 is 0 Å². The minimum Gasteiger partial charge on any atom is -0.486 e. The minimum atomic E-state index is -2.60. The number of aromatic nitrogens is 3. The summed E-state index contributed by atoms with van der Waals surface area (Å²) in [6.07, 6.45) is 15.7. The van der Waals surface area contributed by atoms with Crippen molar-refractivity contribution in [3.63, 3.8) is 0 Å². The van der Waals surface area contributed by atoms with E-state index in [1.165, 1.54) is 0 Å². The Morgan fingerprint density at radius 2 is 0.871 bits per heavy atom. The second-order valence-corrected chi connectivity index (χ2v) is 23.3. The quantitative estimate of drug-likeness (QED) is 0.0210. The molecule has 0 radical (unpaired) electrons. The number of rotatable bonds is 28. The van der Waals surface area contributed by atoms with Crippen LogP contribution in [0.25, 0.3) is 32.7 Å². The maximum absolute atomic E-state index is 13.9. The predicted molar refractivity (Wildman–Crippen MR) is 282 cm³/mol. The van der Waals surface area contributed by atoms with Crippen molar-refractivity contribution in [2.45, 2.75) is 83.3 Å². The first kappa shape index (κ1) is 52.5. The Morgan fingerprint density at radius 3 is 1.17 bits per heavy atom. The van der Waals surface area contributed by atoms with E-state index in [4.69, 9.17) is 14.2 Å². The van der Waals surface area contributed by atoms with Crippen molar-refractivity contribution >= 4 is 58.7 Å². The normalized spacial score (nSPS) is 11.8. The fourth-order valence-electron chi connectivity index (χ4n) is 8.67. The lowest BCUT2D eigenvalue weighted by Crippen LogP contribution is -2.40. The van der Waals surface area contributed by atoms with Crippen LogP contribution in [0.15, 0.2) is 129 Å². The van der Waals surface area contributed by atoms with Gasteiger partial charge < -0.3 is 35.0 Å². The Kier molecular flexibility index (Phi) is 18.4. The number of amides is 3. The summed E-state index contributed by atoms with van der Waals surface area (Å²) in [6, 6.07) is 22.2. The van der Waals surface area contributed by atoms with E-state index in [-0.39, 0.29) is 48.0 Å². The summed E-state index contributed by atoms with van der Waals surface area (Å²) in [6.45, 7) is 21.4. The molecule has 70 heavy (non-hydrogen) atoms. The van der Waals surface area contributed by atoms with Crippen LogP contribution < -0.4 is 30.2 Å². The largest absolute Gasteiger partial charge is 0.486 e. The van der Waals surface area contributed by atoms with Gasteiger partial charge in [0, 0.05) is 54.4 Å². The monoisotopic (exact) mass is 964 g/mol. The fraction of sp³-hybridized carbons (Fsp3) is 0.357. The van der Waals surface area contributed by atoms with Gasteiger partial charge in [-0.3, -0.25) is 29.3 Å². The topological polar surface area (TPSA) is 174 Å². The lowest BCUT2D eigenvalue weighted by Gasteiger charge is -2.41. The van der Waals surface area contributed by atoms with Crippen molar-refractivity contribution in [2.75, 3.05) is 39.5 Å². The fourth-order valence-corrected chi connectivity index (χ4v) is 9.41. The van der Waals surface area contributed by atoms with Gasteiger partial charge in [0.15, 0.2) is 25.6 Å². The zero-order valence-corrected chi connectivity index (χ0v) is 42.2. The average Bonchev–Trinajstić information content (AvgIpc) is 3.36. The van der Waals surface area contributed by atoms with Gasteiger partial charge in [0.05, 0.1) is 16.7 Å². The van der Waals surface area contributed by atoms with Crippen LogP contribution in [0.2, 0.25) is 18.1 Å². The SMILES string of the molecule is C=CCOc1c(C(=O)NCCCC(CCCNC(=O)c2ccc3cccnc3c2OCC=C)(CCCNC(=O)c2ccc3cccnc3c2OCC=C)CCC(C)(C)[Si](C)(C)O)ccc2cccnc12. The summed E-state index contributed by atoms with van der Waals surface area (Å²) >= 11 is 0. The number of fused-ring (bicyclic) bond motifs is 3. The van der Waals surface area contributed by atoms with Crippen molar-refractivity contribution < 1.29 is 33.4 Å². The summed E-state index contributed by atoms with van der Waals surface area (Å²) in [7, 11) is -2.60. The molecule has 0 saturated heterocycles. The summed E-state index contributed by atoms with van der Waals surface area (Å²) in [4.78, 5) is 66.6. The van der Waals surface area contributed by atoms with Crippen LogP contribution in [0.5, 0.6) is 17.2 Å². The number of hydrogen-bond donors (Lipinski definition) is 4. The van der Waals surface area contributed by atoms with Crippen LogP contribution >= 0.6 is 0 Å². The summed E-state index contributed by atoms with van der Waals surface area (Å²) in [5.74, 6) is 0.425. The van der Waals surface area contributed by atoms with E-state index in [0.717, 1.165) is 48.3 Å². The van der Waals surface area contributed by atoms with Crippen LogP contribution in [0, 0.1) is 5.41 Å². The zero-order chi connectivity index (χ0) is 50.2. The number of carbonyl (C=O) groups is 3. The molecular weight excluding hydrogens is 897 g/mol. The lowest BCUT2D eigenvalue weighted by molar-refractivity contribution is 0.0942. The zero-order valence-electron chi connectivity index (χ0n) is 41.2. The summed E-state index contributed by atoms with van der Waals surface area (Å²) in [5, 5.41) is 11.7. The van der Waals surface area contributed by atoms with Crippen LogP contribution in [-0.2, 0) is 0 Å². The maximum Gasteiger partial charge on any atom is 0.255 e. The highest BCUT2D eigenvalue weighted by Gasteiger charge is 2.40. The molecular formula is C56H68N6O7Si. The molecule has 6 rings (SSSR count). The van der Waals surface area contributed by atoms with E-state index in [1.54, 1.807) is 55.0 Å². The van der Waals surface area contributed by atoms with Gasteiger partial charge in [-0.15, -0.1) is 0 Å². The Balaban J connectivity index is 1.22. The molecule has 3 aromatic heterocycles. The van der Waals surface area contributed by atoms with Crippen LogP contribution in [0.1, 0.15) is 96.3 Å². The average molecular weight is 965 g/mol. The number of benzene rings is 3. The summed E-state index contributed by atoms with van der Waals surface area (Å²) < 4.78 is 18.0. The first-order chi connectivity index (χ1) is 33.7. The number of carbonyl (C=O) groups excluding carboxylic acids is 3. The molecule has 3 heterocycles. The molecule has 0 saturated carbocycles. The van der Waals surface area contributed by atoms with E-state index in [2.05, 4.69) is 64.5 Å². The third kappa shape index (κ3) is 13.2. The molecule has 0 spiro atoms. The Hall–Kier alpha value is -6.90. The highest BCUT2D eigenvalue weighted by Crippen LogP contribution is 2.47. The molecule has 14 heteroatoms. The Labute approximate surface area is 413 Å². The predicted octanol–water partition coefficient (Wildman–Crippen LogP) is 10.7.